The molecular weight excluding hydrogens is 372 g/mol. The van der Waals surface area contributed by atoms with E-state index in [-0.39, 0.29) is 24.3 Å². The van der Waals surface area contributed by atoms with Crippen LogP contribution in [0.3, 0.4) is 0 Å². The predicted molar refractivity (Wildman–Crippen MR) is 103 cm³/mol. The van der Waals surface area contributed by atoms with Gasteiger partial charge in [-0.15, -0.1) is 0 Å². The van der Waals surface area contributed by atoms with Gasteiger partial charge in [0, 0.05) is 25.0 Å². The van der Waals surface area contributed by atoms with Crippen molar-refractivity contribution in [3.63, 3.8) is 0 Å². The van der Waals surface area contributed by atoms with E-state index in [2.05, 4.69) is 15.5 Å². The van der Waals surface area contributed by atoms with E-state index < -0.39 is 23.8 Å². The molecule has 0 bridgehead atoms. The summed E-state index contributed by atoms with van der Waals surface area (Å²) in [7, 11) is 0. The van der Waals surface area contributed by atoms with Gasteiger partial charge >= 0.3 is 0 Å². The molecule has 5 rings (SSSR count). The van der Waals surface area contributed by atoms with Crippen molar-refractivity contribution >= 4 is 23.6 Å². The highest BCUT2D eigenvalue weighted by Gasteiger charge is 2.48. The molecule has 1 aromatic rings. The van der Waals surface area contributed by atoms with E-state index in [0.717, 1.165) is 42.9 Å². The summed E-state index contributed by atoms with van der Waals surface area (Å²) >= 11 is 0. The van der Waals surface area contributed by atoms with Crippen LogP contribution in [0.25, 0.3) is 0 Å². The van der Waals surface area contributed by atoms with Gasteiger partial charge in [0.15, 0.2) is 0 Å². The zero-order valence-electron chi connectivity index (χ0n) is 16.2. The Kier molecular flexibility index (Phi) is 4.29. The number of carbonyl (C=O) groups is 4. The van der Waals surface area contributed by atoms with E-state index in [0.29, 0.717) is 17.7 Å². The van der Waals surface area contributed by atoms with Crippen LogP contribution >= 0.6 is 0 Å². The molecule has 1 atom stereocenters. The van der Waals surface area contributed by atoms with Gasteiger partial charge < -0.3 is 5.32 Å². The van der Waals surface area contributed by atoms with Crippen molar-refractivity contribution < 1.29 is 19.2 Å². The summed E-state index contributed by atoms with van der Waals surface area (Å²) in [4.78, 5) is 53.4. The van der Waals surface area contributed by atoms with E-state index in [9.17, 15) is 19.2 Å². The smallest absolute Gasteiger partial charge is 0.262 e. The van der Waals surface area contributed by atoms with Crippen LogP contribution in [-0.4, -0.2) is 64.6 Å². The van der Waals surface area contributed by atoms with Gasteiger partial charge in [-0.2, -0.15) is 0 Å². The molecule has 3 fully saturated rings. The van der Waals surface area contributed by atoms with E-state index >= 15 is 0 Å². The quantitative estimate of drug-likeness (QED) is 0.719. The molecule has 8 nitrogen and oxygen atoms in total. The fraction of sp³-hybridized carbons (Fsp3) is 0.524. The number of rotatable bonds is 3. The molecule has 1 spiro atoms. The Labute approximate surface area is 168 Å². The van der Waals surface area contributed by atoms with Crippen molar-refractivity contribution in [1.82, 2.24) is 20.4 Å². The Morgan fingerprint density at radius 2 is 1.83 bits per heavy atom. The Bertz CT molecular complexity index is 921. The summed E-state index contributed by atoms with van der Waals surface area (Å²) in [6, 6.07) is 4.45. The minimum atomic E-state index is -0.923. The van der Waals surface area contributed by atoms with E-state index in [1.54, 1.807) is 6.07 Å². The largest absolute Gasteiger partial charge is 0.317 e. The van der Waals surface area contributed by atoms with Crippen LogP contribution in [0.1, 0.15) is 58.4 Å². The summed E-state index contributed by atoms with van der Waals surface area (Å²) in [6.07, 6.45) is 3.66. The number of carbonyl (C=O) groups excluding carboxylic acids is 4. The second-order valence-corrected chi connectivity index (χ2v) is 8.43. The topological polar surface area (TPSA) is 98.8 Å². The first-order valence-electron chi connectivity index (χ1n) is 10.3. The summed E-state index contributed by atoms with van der Waals surface area (Å²) in [5.41, 5.74) is 1.81. The number of piperidine rings is 2. The zero-order chi connectivity index (χ0) is 20.2. The molecule has 0 radical (unpaired) electrons. The Balaban J connectivity index is 1.42. The van der Waals surface area contributed by atoms with Crippen molar-refractivity contribution in [2.75, 3.05) is 19.6 Å². The highest BCUT2D eigenvalue weighted by atomic mass is 16.2. The average molecular weight is 396 g/mol. The second-order valence-electron chi connectivity index (χ2n) is 8.43. The Hall–Kier alpha value is -2.58. The number of benzene rings is 1. The van der Waals surface area contributed by atoms with Gasteiger partial charge in [-0.25, -0.2) is 0 Å². The highest BCUT2D eigenvalue weighted by Crippen LogP contribution is 2.40. The maximum Gasteiger partial charge on any atom is 0.262 e. The fourth-order valence-electron chi connectivity index (χ4n) is 5.21. The highest BCUT2D eigenvalue weighted by molar-refractivity contribution is 6.24. The molecule has 2 N–H and O–H groups in total. The molecule has 0 aliphatic carbocycles. The second kappa shape index (κ2) is 6.74. The molecule has 0 aromatic heterocycles. The molecule has 29 heavy (non-hydrogen) atoms. The molecule has 8 heteroatoms. The number of amides is 4. The molecule has 4 amide bonds. The number of hydrogen-bond acceptors (Lipinski definition) is 6. The summed E-state index contributed by atoms with van der Waals surface area (Å²) < 4.78 is 0. The monoisotopic (exact) mass is 396 g/mol. The summed E-state index contributed by atoms with van der Waals surface area (Å²) in [5.74, 6) is -1.81. The lowest BCUT2D eigenvalue weighted by Crippen LogP contribution is -2.63. The molecule has 3 saturated heterocycles. The van der Waals surface area contributed by atoms with Crippen molar-refractivity contribution in [1.29, 1.82) is 0 Å². The maximum absolute atomic E-state index is 13.2. The molecule has 4 heterocycles. The molecule has 4 aliphatic rings. The standard InChI is InChI=1S/C21H24N4O4/c26-16-5-4-15(18(27)23-16)25-19(28)14-3-1-2-13(17(14)20(25)29)12-24-11-8-21(24)6-9-22-10-7-21/h1-3,15,22H,4-12H2,(H,23,26,27). The van der Waals surface area contributed by atoms with Crippen LogP contribution in [0, 0.1) is 0 Å². The van der Waals surface area contributed by atoms with Gasteiger partial charge in [0.2, 0.25) is 11.8 Å². The lowest BCUT2D eigenvalue weighted by Gasteiger charge is -2.55. The van der Waals surface area contributed by atoms with Gasteiger partial charge in [-0.05, 0) is 50.4 Å². The first-order valence-corrected chi connectivity index (χ1v) is 10.3. The molecular formula is C21H24N4O4. The van der Waals surface area contributed by atoms with Gasteiger partial charge in [0.1, 0.15) is 6.04 Å². The summed E-state index contributed by atoms with van der Waals surface area (Å²) in [6.45, 7) is 3.63. The zero-order valence-corrected chi connectivity index (χ0v) is 16.2. The minimum Gasteiger partial charge on any atom is -0.317 e. The first-order chi connectivity index (χ1) is 14.0. The number of likely N-dealkylation sites (tertiary alicyclic amines) is 1. The van der Waals surface area contributed by atoms with Crippen molar-refractivity contribution in [2.45, 2.75) is 50.2 Å². The molecule has 0 saturated carbocycles. The molecule has 4 aliphatic heterocycles. The van der Waals surface area contributed by atoms with Crippen LogP contribution in [0.4, 0.5) is 0 Å². The number of imide groups is 2. The van der Waals surface area contributed by atoms with Crippen LogP contribution in [0.15, 0.2) is 18.2 Å². The first kappa shape index (κ1) is 18.4. The molecule has 1 aromatic carbocycles. The SMILES string of the molecule is O=C1CCC(N2C(=O)c3cccc(CN4CCC45CCNCC5)c3C2=O)C(=O)N1. The van der Waals surface area contributed by atoms with Gasteiger partial charge in [-0.3, -0.25) is 34.3 Å². The van der Waals surface area contributed by atoms with Crippen molar-refractivity contribution in [2.24, 2.45) is 0 Å². The van der Waals surface area contributed by atoms with E-state index in [1.807, 2.05) is 12.1 Å². The predicted octanol–water partition coefficient (Wildman–Crippen LogP) is 0.416. The third kappa shape index (κ3) is 2.81. The third-order valence-corrected chi connectivity index (χ3v) is 6.97. The van der Waals surface area contributed by atoms with E-state index in [1.165, 1.54) is 6.42 Å². The van der Waals surface area contributed by atoms with Gasteiger partial charge in [0.05, 0.1) is 11.1 Å². The van der Waals surface area contributed by atoms with Crippen LogP contribution < -0.4 is 10.6 Å². The lowest BCUT2D eigenvalue weighted by molar-refractivity contribution is -0.136. The number of nitrogens with zero attached hydrogens (tertiary/aromatic N) is 2. The number of hydrogen-bond donors (Lipinski definition) is 2. The third-order valence-electron chi connectivity index (χ3n) is 6.97. The van der Waals surface area contributed by atoms with Gasteiger partial charge in [0.25, 0.3) is 11.8 Å². The minimum absolute atomic E-state index is 0.126. The van der Waals surface area contributed by atoms with Crippen LogP contribution in [0.2, 0.25) is 0 Å². The Morgan fingerprint density at radius 1 is 1.03 bits per heavy atom. The van der Waals surface area contributed by atoms with Crippen molar-refractivity contribution in [3.05, 3.63) is 34.9 Å². The van der Waals surface area contributed by atoms with E-state index in [4.69, 9.17) is 0 Å². The Morgan fingerprint density at radius 3 is 2.52 bits per heavy atom. The maximum atomic E-state index is 13.2. The van der Waals surface area contributed by atoms with Crippen molar-refractivity contribution in [3.8, 4) is 0 Å². The number of nitrogens with one attached hydrogen (secondary N) is 2. The molecule has 1 unspecified atom stereocenters. The normalized spacial score (nSPS) is 26.5. The van der Waals surface area contributed by atoms with Crippen LogP contribution in [-0.2, 0) is 16.1 Å². The fourth-order valence-corrected chi connectivity index (χ4v) is 5.21. The van der Waals surface area contributed by atoms with Gasteiger partial charge in [-0.1, -0.05) is 12.1 Å². The summed E-state index contributed by atoms with van der Waals surface area (Å²) in [5, 5.41) is 5.64. The lowest BCUT2D eigenvalue weighted by atomic mass is 9.76. The van der Waals surface area contributed by atoms with Crippen LogP contribution in [0.5, 0.6) is 0 Å². The molecule has 152 valence electrons. The number of fused-ring (bicyclic) bond motifs is 1. The average Bonchev–Trinajstić information content (AvgIpc) is 2.97.